The van der Waals surface area contributed by atoms with E-state index in [4.69, 9.17) is 20.9 Å². The molecule has 13 heteroatoms. The molecule has 0 aliphatic rings. The quantitative estimate of drug-likeness (QED) is 0.0937. The Morgan fingerprint density at radius 2 is 1.40 bits per heavy atom. The SMILES string of the molecule is CC(C)(C)OCC(NC(=O)OCc1ccccc1)C(=O)NC(Cc1ccccc1)C(=O)NC(CCCN=C(N)N)C(=O)O. The van der Waals surface area contributed by atoms with Gasteiger partial charge >= 0.3 is 12.1 Å². The van der Waals surface area contributed by atoms with E-state index in [1.165, 1.54) is 0 Å². The predicted octanol–water partition coefficient (Wildman–Crippen LogP) is 1.45. The number of benzene rings is 2. The normalized spacial score (nSPS) is 13.1. The third kappa shape index (κ3) is 14.2. The van der Waals surface area contributed by atoms with Gasteiger partial charge in [-0.05, 0) is 44.7 Å². The molecular formula is C30H42N6O7. The number of hydrogen-bond donors (Lipinski definition) is 6. The molecule has 2 rings (SSSR count). The lowest BCUT2D eigenvalue weighted by molar-refractivity contribution is -0.142. The summed E-state index contributed by atoms with van der Waals surface area (Å²) in [6.07, 6.45) is -0.436. The lowest BCUT2D eigenvalue weighted by Gasteiger charge is -2.27. The molecule has 0 spiro atoms. The Morgan fingerprint density at radius 1 is 0.837 bits per heavy atom. The van der Waals surface area contributed by atoms with Crippen LogP contribution in [0.2, 0.25) is 0 Å². The third-order valence-electron chi connectivity index (χ3n) is 5.98. The second-order valence-corrected chi connectivity index (χ2v) is 10.8. The second-order valence-electron chi connectivity index (χ2n) is 10.8. The van der Waals surface area contributed by atoms with E-state index in [0.717, 1.165) is 11.1 Å². The van der Waals surface area contributed by atoms with Crippen LogP contribution in [0.15, 0.2) is 65.7 Å². The van der Waals surface area contributed by atoms with Crippen molar-refractivity contribution < 1.29 is 33.8 Å². The lowest BCUT2D eigenvalue weighted by atomic mass is 10.0. The Morgan fingerprint density at radius 3 is 1.95 bits per heavy atom. The number of guanidine groups is 1. The van der Waals surface area contributed by atoms with E-state index >= 15 is 0 Å². The standard InChI is InChI=1S/C30H42N6O7/c1-30(2,3)43-19-24(36-29(41)42-18-21-13-8-5-9-14-21)26(38)35-23(17-20-11-6-4-7-12-20)25(37)34-22(27(39)40)15-10-16-33-28(31)32/h4-9,11-14,22-24H,10,15-19H2,1-3H3,(H,34,37)(H,35,38)(H,36,41)(H,39,40)(H4,31,32,33). The van der Waals surface area contributed by atoms with Gasteiger partial charge in [0.15, 0.2) is 5.96 Å². The number of hydrogen-bond acceptors (Lipinski definition) is 7. The summed E-state index contributed by atoms with van der Waals surface area (Å²) in [6.45, 7) is 5.34. The number of nitrogens with zero attached hydrogens (tertiary/aromatic N) is 1. The highest BCUT2D eigenvalue weighted by atomic mass is 16.5. The molecule has 0 fully saturated rings. The van der Waals surface area contributed by atoms with Crippen LogP contribution < -0.4 is 27.4 Å². The number of carboxylic acid groups (broad SMARTS) is 1. The van der Waals surface area contributed by atoms with Gasteiger partial charge in [-0.3, -0.25) is 14.6 Å². The fourth-order valence-corrected chi connectivity index (χ4v) is 3.79. The van der Waals surface area contributed by atoms with Crippen molar-refractivity contribution in [3.8, 4) is 0 Å². The zero-order chi connectivity index (χ0) is 31.8. The Bertz CT molecular complexity index is 1210. The number of ether oxygens (including phenoxy) is 2. The summed E-state index contributed by atoms with van der Waals surface area (Å²) in [5.41, 5.74) is 11.5. The molecule has 0 bridgehead atoms. The minimum absolute atomic E-state index is 0.0139. The van der Waals surface area contributed by atoms with E-state index in [2.05, 4.69) is 20.9 Å². The van der Waals surface area contributed by atoms with Crippen LogP contribution in [0.3, 0.4) is 0 Å². The molecule has 2 aromatic rings. The van der Waals surface area contributed by atoms with E-state index in [-0.39, 0.29) is 38.6 Å². The van der Waals surface area contributed by atoms with E-state index in [1.54, 1.807) is 75.4 Å². The first-order valence-electron chi connectivity index (χ1n) is 13.9. The van der Waals surface area contributed by atoms with Gasteiger partial charge in [-0.1, -0.05) is 60.7 Å². The third-order valence-corrected chi connectivity index (χ3v) is 5.98. The molecule has 0 aromatic heterocycles. The largest absolute Gasteiger partial charge is 0.480 e. The summed E-state index contributed by atoms with van der Waals surface area (Å²) >= 11 is 0. The summed E-state index contributed by atoms with van der Waals surface area (Å²) in [6, 6.07) is 14.3. The lowest BCUT2D eigenvalue weighted by Crippen LogP contribution is -2.57. The highest BCUT2D eigenvalue weighted by molar-refractivity contribution is 5.93. The number of carbonyl (C=O) groups excluding carboxylic acids is 3. The van der Waals surface area contributed by atoms with Crippen LogP contribution in [0.1, 0.15) is 44.7 Å². The van der Waals surface area contributed by atoms with Crippen LogP contribution in [-0.2, 0) is 36.9 Å². The highest BCUT2D eigenvalue weighted by Gasteiger charge is 2.31. The number of nitrogens with one attached hydrogen (secondary N) is 3. The van der Waals surface area contributed by atoms with Gasteiger partial charge in [0.2, 0.25) is 11.8 Å². The van der Waals surface area contributed by atoms with Crippen LogP contribution in [0.5, 0.6) is 0 Å². The number of amides is 3. The second kappa shape index (κ2) is 17.3. The Hall–Kier alpha value is -4.65. The summed E-state index contributed by atoms with van der Waals surface area (Å²) in [5, 5.41) is 17.4. The van der Waals surface area contributed by atoms with Crippen molar-refractivity contribution in [2.45, 2.75) is 70.4 Å². The fourth-order valence-electron chi connectivity index (χ4n) is 3.79. The summed E-state index contributed by atoms with van der Waals surface area (Å²) in [5.74, 6) is -2.79. The average molecular weight is 599 g/mol. The highest BCUT2D eigenvalue weighted by Crippen LogP contribution is 2.10. The predicted molar refractivity (Wildman–Crippen MR) is 161 cm³/mol. The number of alkyl carbamates (subject to hydrolysis) is 1. The van der Waals surface area contributed by atoms with Gasteiger partial charge in [-0.25, -0.2) is 9.59 Å². The molecule has 8 N–H and O–H groups in total. The maximum atomic E-state index is 13.5. The number of aliphatic imine (C=N–C) groups is 1. The molecule has 13 nitrogen and oxygen atoms in total. The Labute approximate surface area is 251 Å². The number of carbonyl (C=O) groups is 4. The summed E-state index contributed by atoms with van der Waals surface area (Å²) in [7, 11) is 0. The zero-order valence-electron chi connectivity index (χ0n) is 24.7. The topological polar surface area (TPSA) is 207 Å². The first-order valence-corrected chi connectivity index (χ1v) is 13.9. The van der Waals surface area contributed by atoms with Gasteiger partial charge in [0, 0.05) is 13.0 Å². The van der Waals surface area contributed by atoms with Crippen LogP contribution in [0, 0.1) is 0 Å². The van der Waals surface area contributed by atoms with Crippen molar-refractivity contribution in [1.82, 2.24) is 16.0 Å². The van der Waals surface area contributed by atoms with Crippen LogP contribution in [0.25, 0.3) is 0 Å². The fraction of sp³-hybridized carbons (Fsp3) is 0.433. The van der Waals surface area contributed by atoms with Crippen molar-refractivity contribution in [1.29, 1.82) is 0 Å². The van der Waals surface area contributed by atoms with E-state index < -0.39 is 47.6 Å². The molecule has 234 valence electrons. The van der Waals surface area contributed by atoms with Crippen molar-refractivity contribution in [3.63, 3.8) is 0 Å². The molecule has 43 heavy (non-hydrogen) atoms. The van der Waals surface area contributed by atoms with Gasteiger partial charge in [0.05, 0.1) is 12.2 Å². The Balaban J connectivity index is 2.19. The zero-order valence-corrected chi connectivity index (χ0v) is 24.7. The number of rotatable bonds is 16. The van der Waals surface area contributed by atoms with Crippen LogP contribution >= 0.6 is 0 Å². The van der Waals surface area contributed by atoms with Gasteiger partial charge < -0.3 is 42.0 Å². The molecule has 3 atom stereocenters. The van der Waals surface area contributed by atoms with Crippen molar-refractivity contribution in [2.75, 3.05) is 13.2 Å². The monoisotopic (exact) mass is 598 g/mol. The van der Waals surface area contributed by atoms with E-state index in [9.17, 15) is 24.3 Å². The molecular weight excluding hydrogens is 556 g/mol. The number of nitrogens with two attached hydrogens (primary N) is 2. The van der Waals surface area contributed by atoms with Gasteiger partial charge in [0.25, 0.3) is 0 Å². The van der Waals surface area contributed by atoms with Crippen LogP contribution in [-0.4, -0.2) is 71.8 Å². The Kier molecular flexibility index (Phi) is 13.9. The van der Waals surface area contributed by atoms with Crippen molar-refractivity contribution in [3.05, 3.63) is 71.8 Å². The minimum atomic E-state index is -1.25. The summed E-state index contributed by atoms with van der Waals surface area (Å²) < 4.78 is 11.0. The smallest absolute Gasteiger partial charge is 0.408 e. The molecule has 2 aromatic carbocycles. The first-order chi connectivity index (χ1) is 20.3. The minimum Gasteiger partial charge on any atom is -0.480 e. The molecule has 0 aliphatic carbocycles. The van der Waals surface area contributed by atoms with Crippen molar-refractivity contribution >= 4 is 29.8 Å². The average Bonchev–Trinajstić information content (AvgIpc) is 2.95. The number of carboxylic acids is 1. The molecule has 3 amide bonds. The molecule has 0 heterocycles. The van der Waals surface area contributed by atoms with Gasteiger partial charge in [-0.2, -0.15) is 0 Å². The molecule has 0 saturated heterocycles. The maximum absolute atomic E-state index is 13.5. The molecule has 3 unspecified atom stereocenters. The van der Waals surface area contributed by atoms with Crippen molar-refractivity contribution in [2.24, 2.45) is 16.5 Å². The van der Waals surface area contributed by atoms with Gasteiger partial charge in [-0.15, -0.1) is 0 Å². The first kappa shape index (κ1) is 34.6. The molecule has 0 aliphatic heterocycles. The molecule has 0 radical (unpaired) electrons. The maximum Gasteiger partial charge on any atom is 0.408 e. The molecule has 0 saturated carbocycles. The van der Waals surface area contributed by atoms with E-state index in [1.807, 2.05) is 6.07 Å². The number of aliphatic carboxylic acids is 1. The van der Waals surface area contributed by atoms with E-state index in [0.29, 0.717) is 6.42 Å². The summed E-state index contributed by atoms with van der Waals surface area (Å²) in [4.78, 5) is 55.1. The van der Waals surface area contributed by atoms with Gasteiger partial charge in [0.1, 0.15) is 24.7 Å². The van der Waals surface area contributed by atoms with Crippen LogP contribution in [0.4, 0.5) is 4.79 Å².